The van der Waals surface area contributed by atoms with Crippen molar-refractivity contribution in [3.05, 3.63) is 59.7 Å². The summed E-state index contributed by atoms with van der Waals surface area (Å²) >= 11 is 0. The Kier molecular flexibility index (Phi) is 3.44. The SMILES string of the molecule is CC1C2CC(C3C(C(=O)O)C23)N1C(=O)OCC1c2ccccc2-c2ccccc21. The highest BCUT2D eigenvalue weighted by molar-refractivity contribution is 5.79. The van der Waals surface area contributed by atoms with Crippen LogP contribution in [0.4, 0.5) is 4.79 Å². The number of hydrogen-bond acceptors (Lipinski definition) is 3. The lowest BCUT2D eigenvalue weighted by Gasteiger charge is -2.32. The lowest BCUT2D eigenvalue weighted by Crippen LogP contribution is -2.45. The van der Waals surface area contributed by atoms with Gasteiger partial charge in [0.05, 0.1) is 5.92 Å². The van der Waals surface area contributed by atoms with E-state index in [-0.39, 0.29) is 41.8 Å². The summed E-state index contributed by atoms with van der Waals surface area (Å²) in [4.78, 5) is 26.3. The van der Waals surface area contributed by atoms with Crippen LogP contribution in [0.2, 0.25) is 0 Å². The van der Waals surface area contributed by atoms with Gasteiger partial charge in [-0.1, -0.05) is 48.5 Å². The van der Waals surface area contributed by atoms with E-state index in [0.717, 1.165) is 6.42 Å². The number of carboxylic acid groups (broad SMARTS) is 1. The van der Waals surface area contributed by atoms with Gasteiger partial charge in [0, 0.05) is 18.0 Å². The van der Waals surface area contributed by atoms with Crippen molar-refractivity contribution in [1.29, 1.82) is 0 Å². The zero-order valence-electron chi connectivity index (χ0n) is 16.2. The predicted octanol–water partition coefficient (Wildman–Crippen LogP) is 3.97. The lowest BCUT2D eigenvalue weighted by atomic mass is 9.96. The molecule has 3 aliphatic carbocycles. The fraction of sp³-hybridized carbons (Fsp3) is 0.417. The zero-order chi connectivity index (χ0) is 19.9. The molecule has 1 saturated heterocycles. The Bertz CT molecular complexity index is 988. The van der Waals surface area contributed by atoms with Crippen molar-refractivity contribution in [2.24, 2.45) is 23.7 Å². The summed E-state index contributed by atoms with van der Waals surface area (Å²) < 4.78 is 5.85. The minimum Gasteiger partial charge on any atom is -0.481 e. The number of likely N-dealkylation sites (tertiary alicyclic amines) is 1. The van der Waals surface area contributed by atoms with E-state index in [9.17, 15) is 14.7 Å². The highest BCUT2D eigenvalue weighted by atomic mass is 16.6. The average Bonchev–Trinajstić information content (AvgIpc) is 3.08. The quantitative estimate of drug-likeness (QED) is 0.862. The number of aliphatic carboxylic acids is 1. The van der Waals surface area contributed by atoms with Crippen molar-refractivity contribution < 1.29 is 19.4 Å². The fourth-order valence-corrected chi connectivity index (χ4v) is 6.63. The molecule has 0 aromatic heterocycles. The van der Waals surface area contributed by atoms with Crippen molar-refractivity contribution in [3.8, 4) is 11.1 Å². The maximum Gasteiger partial charge on any atom is 0.410 e. The van der Waals surface area contributed by atoms with Gasteiger partial charge in [0.15, 0.2) is 0 Å². The summed E-state index contributed by atoms with van der Waals surface area (Å²) in [6.45, 7) is 2.35. The van der Waals surface area contributed by atoms with E-state index in [1.54, 1.807) is 0 Å². The number of carbonyl (C=O) groups is 2. The van der Waals surface area contributed by atoms with Crippen LogP contribution in [0.15, 0.2) is 48.5 Å². The van der Waals surface area contributed by atoms with Gasteiger partial charge in [-0.2, -0.15) is 0 Å². The molecule has 0 radical (unpaired) electrons. The van der Waals surface area contributed by atoms with Gasteiger partial charge in [0.25, 0.3) is 0 Å². The number of hydrogen-bond donors (Lipinski definition) is 1. The van der Waals surface area contributed by atoms with E-state index in [1.807, 2.05) is 36.1 Å². The molecule has 1 amide bonds. The highest BCUT2D eigenvalue weighted by Crippen LogP contribution is 2.67. The van der Waals surface area contributed by atoms with Crippen LogP contribution < -0.4 is 0 Å². The number of carboxylic acids is 1. The molecule has 6 unspecified atom stereocenters. The topological polar surface area (TPSA) is 66.8 Å². The lowest BCUT2D eigenvalue weighted by molar-refractivity contribution is -0.139. The summed E-state index contributed by atoms with van der Waals surface area (Å²) in [6.07, 6.45) is 0.631. The summed E-state index contributed by atoms with van der Waals surface area (Å²) in [5.41, 5.74) is 4.82. The number of amides is 1. The van der Waals surface area contributed by atoms with E-state index in [4.69, 9.17) is 4.74 Å². The van der Waals surface area contributed by atoms with Gasteiger partial charge in [-0.25, -0.2) is 4.79 Å². The van der Waals surface area contributed by atoms with Crippen molar-refractivity contribution >= 4 is 12.1 Å². The maximum atomic E-state index is 13.0. The molecule has 4 aliphatic rings. The second kappa shape index (κ2) is 5.85. The molecular formula is C24H23NO4. The molecule has 1 N–H and O–H groups in total. The number of piperidine rings is 1. The number of nitrogens with zero attached hydrogens (tertiary/aromatic N) is 1. The molecule has 2 saturated carbocycles. The minimum absolute atomic E-state index is 0.0248. The number of carbonyl (C=O) groups excluding carboxylic acids is 1. The van der Waals surface area contributed by atoms with Gasteiger partial charge < -0.3 is 14.7 Å². The van der Waals surface area contributed by atoms with Crippen LogP contribution in [0.3, 0.4) is 0 Å². The Labute approximate surface area is 169 Å². The molecule has 29 heavy (non-hydrogen) atoms. The fourth-order valence-electron chi connectivity index (χ4n) is 6.63. The van der Waals surface area contributed by atoms with Crippen LogP contribution in [0.1, 0.15) is 30.4 Å². The van der Waals surface area contributed by atoms with Gasteiger partial charge >= 0.3 is 12.1 Å². The molecular weight excluding hydrogens is 366 g/mol. The Morgan fingerprint density at radius 2 is 1.66 bits per heavy atom. The molecule has 6 atom stereocenters. The number of rotatable bonds is 3. The van der Waals surface area contributed by atoms with Gasteiger partial charge in [-0.3, -0.25) is 4.79 Å². The van der Waals surface area contributed by atoms with E-state index in [1.165, 1.54) is 22.3 Å². The largest absolute Gasteiger partial charge is 0.481 e. The predicted molar refractivity (Wildman–Crippen MR) is 106 cm³/mol. The molecule has 0 spiro atoms. The highest BCUT2D eigenvalue weighted by Gasteiger charge is 2.73. The molecule has 2 aromatic rings. The normalized spacial score (nSPS) is 33.2. The van der Waals surface area contributed by atoms with Gasteiger partial charge in [0.1, 0.15) is 6.61 Å². The van der Waals surface area contributed by atoms with Crippen molar-refractivity contribution in [2.75, 3.05) is 6.61 Å². The molecule has 5 nitrogen and oxygen atoms in total. The third-order valence-corrected chi connectivity index (χ3v) is 7.83. The van der Waals surface area contributed by atoms with E-state index >= 15 is 0 Å². The van der Waals surface area contributed by atoms with E-state index < -0.39 is 5.97 Å². The first kappa shape index (κ1) is 17.1. The van der Waals surface area contributed by atoms with Crippen LogP contribution in [-0.4, -0.2) is 40.8 Å². The first-order chi connectivity index (χ1) is 14.1. The van der Waals surface area contributed by atoms with E-state index in [0.29, 0.717) is 12.5 Å². The first-order valence-corrected chi connectivity index (χ1v) is 10.4. The number of benzene rings is 2. The summed E-state index contributed by atoms with van der Waals surface area (Å²) in [5, 5.41) is 9.43. The standard InChI is InChI=1S/C24H23NO4/c1-12-17-10-19(21-20(17)22(21)23(26)27)25(12)24(28)29-11-18-15-8-4-2-6-13(15)14-7-3-5-9-16(14)18/h2-9,12,17-22H,10-11H2,1H3,(H,26,27). The van der Waals surface area contributed by atoms with Crippen molar-refractivity contribution in [1.82, 2.24) is 4.90 Å². The van der Waals surface area contributed by atoms with Crippen LogP contribution in [-0.2, 0) is 9.53 Å². The monoisotopic (exact) mass is 389 g/mol. The zero-order valence-corrected chi connectivity index (χ0v) is 16.2. The molecule has 5 heteroatoms. The summed E-state index contributed by atoms with van der Waals surface area (Å²) in [6, 6.07) is 16.7. The average molecular weight is 389 g/mol. The minimum atomic E-state index is -0.712. The summed E-state index contributed by atoms with van der Waals surface area (Å²) in [7, 11) is 0. The van der Waals surface area contributed by atoms with Crippen LogP contribution >= 0.6 is 0 Å². The smallest absolute Gasteiger partial charge is 0.410 e. The maximum absolute atomic E-state index is 13.0. The summed E-state index contributed by atoms with van der Waals surface area (Å²) in [5.74, 6) is -0.267. The van der Waals surface area contributed by atoms with Gasteiger partial charge in [-0.05, 0) is 53.4 Å². The molecule has 1 heterocycles. The first-order valence-electron chi connectivity index (χ1n) is 10.4. The van der Waals surface area contributed by atoms with Crippen LogP contribution in [0.25, 0.3) is 11.1 Å². The molecule has 2 bridgehead atoms. The molecule has 2 aromatic carbocycles. The van der Waals surface area contributed by atoms with Gasteiger partial charge in [0.2, 0.25) is 0 Å². The third-order valence-electron chi connectivity index (χ3n) is 7.83. The van der Waals surface area contributed by atoms with Crippen molar-refractivity contribution in [2.45, 2.75) is 31.3 Å². The second-order valence-corrected chi connectivity index (χ2v) is 8.94. The Balaban J connectivity index is 1.21. The van der Waals surface area contributed by atoms with Crippen LogP contribution in [0.5, 0.6) is 0 Å². The number of fused-ring (bicyclic) bond motifs is 8. The molecule has 3 fully saturated rings. The third kappa shape index (κ3) is 2.21. The molecule has 1 aliphatic heterocycles. The van der Waals surface area contributed by atoms with Crippen LogP contribution in [0, 0.1) is 23.7 Å². The Hall–Kier alpha value is -2.82. The Morgan fingerprint density at radius 1 is 1.03 bits per heavy atom. The van der Waals surface area contributed by atoms with Crippen molar-refractivity contribution in [3.63, 3.8) is 0 Å². The second-order valence-electron chi connectivity index (χ2n) is 8.94. The van der Waals surface area contributed by atoms with Gasteiger partial charge in [-0.15, -0.1) is 0 Å². The molecule has 148 valence electrons. The van der Waals surface area contributed by atoms with E-state index in [2.05, 4.69) is 24.3 Å². The Morgan fingerprint density at radius 3 is 2.28 bits per heavy atom. The number of ether oxygens (including phenoxy) is 1. The molecule has 6 rings (SSSR count).